The van der Waals surface area contributed by atoms with Gasteiger partial charge in [0.2, 0.25) is 70.9 Å². The van der Waals surface area contributed by atoms with Crippen molar-refractivity contribution in [3.05, 3.63) is 65.7 Å². The Bertz CT molecular complexity index is 3060. The monoisotopic (exact) mass is 1300 g/mol. The number of nitrogens with one attached hydrogen (secondary N) is 6. The van der Waals surface area contributed by atoms with E-state index in [4.69, 9.17) is 11.5 Å². The topological polar surface area (TPSA) is 423 Å². The number of aliphatic hydroxyl groups is 1. The van der Waals surface area contributed by atoms with Gasteiger partial charge in [0.05, 0.1) is 25.6 Å². The number of phenolic OH excluding ortho intramolecular Hbond substituents is 1. The molecule has 2 aromatic carbocycles. The normalized spacial score (nSPS) is 21.8. The van der Waals surface area contributed by atoms with Crippen molar-refractivity contribution in [3.63, 3.8) is 0 Å². The van der Waals surface area contributed by atoms with Crippen LogP contribution in [0.4, 0.5) is 0 Å². The second-order valence-electron chi connectivity index (χ2n) is 25.3. The van der Waals surface area contributed by atoms with E-state index < -0.39 is 169 Å². The number of nitrogens with two attached hydrogens (primary N) is 2. The molecule has 5 aliphatic heterocycles. The second-order valence-corrected chi connectivity index (χ2v) is 25.3. The van der Waals surface area contributed by atoms with Gasteiger partial charge in [-0.1, -0.05) is 76.6 Å². The van der Waals surface area contributed by atoms with Crippen molar-refractivity contribution in [2.45, 2.75) is 190 Å². The molecule has 13 N–H and O–H groups in total. The Kier molecular flexibility index (Phi) is 25.6. The van der Waals surface area contributed by atoms with E-state index in [2.05, 4.69) is 31.9 Å². The third kappa shape index (κ3) is 18.5. The minimum Gasteiger partial charge on any atom is -0.508 e. The lowest BCUT2D eigenvalue weighted by Crippen LogP contribution is -2.61. The zero-order valence-corrected chi connectivity index (χ0v) is 53.3. The highest BCUT2D eigenvalue weighted by atomic mass is 16.4. The maximum atomic E-state index is 14.6. The van der Waals surface area contributed by atoms with Gasteiger partial charge >= 0.3 is 5.97 Å². The van der Waals surface area contributed by atoms with E-state index in [9.17, 15) is 77.6 Å². The van der Waals surface area contributed by atoms with Crippen molar-refractivity contribution >= 4 is 76.9 Å². The van der Waals surface area contributed by atoms with Gasteiger partial charge in [0.1, 0.15) is 66.2 Å². The molecule has 12 atom stereocenters. The fourth-order valence-electron chi connectivity index (χ4n) is 13.0. The second kappa shape index (κ2) is 33.2. The molecule has 0 spiro atoms. The lowest BCUT2D eigenvalue weighted by Gasteiger charge is -2.33. The number of carbonyl (C=O) groups excluding carboxylic acids is 12. The number of primary amides is 1. The van der Waals surface area contributed by atoms with Crippen LogP contribution >= 0.6 is 0 Å². The number of rotatable bonds is 29. The maximum Gasteiger partial charge on any atom is 0.326 e. The number of nitrogens with zero attached hydrogens (tertiary/aromatic N) is 5. The number of likely N-dealkylation sites (tertiary alicyclic amines) is 5. The Balaban J connectivity index is 0.949. The van der Waals surface area contributed by atoms with E-state index in [1.807, 2.05) is 6.07 Å². The number of aromatic hydroxyl groups is 1. The number of carboxylic acids is 1. The summed E-state index contributed by atoms with van der Waals surface area (Å²) in [6, 6.07) is 1.99. The molecule has 0 bridgehead atoms. The third-order valence-electron chi connectivity index (χ3n) is 18.2. The van der Waals surface area contributed by atoms with Gasteiger partial charge in [-0.2, -0.15) is 0 Å². The van der Waals surface area contributed by atoms with Gasteiger partial charge in [0.25, 0.3) is 0 Å². The molecule has 5 saturated heterocycles. The van der Waals surface area contributed by atoms with E-state index in [0.29, 0.717) is 44.9 Å². The van der Waals surface area contributed by atoms with E-state index in [-0.39, 0.29) is 89.3 Å². The van der Waals surface area contributed by atoms with Gasteiger partial charge in [0.15, 0.2) is 0 Å². The molecule has 93 heavy (non-hydrogen) atoms. The number of benzene rings is 2. The molecule has 2 aromatic rings. The summed E-state index contributed by atoms with van der Waals surface area (Å²) in [6.07, 6.45) is 3.18. The van der Waals surface area contributed by atoms with Gasteiger partial charge in [-0.05, 0) is 112 Å². The first-order valence-electron chi connectivity index (χ1n) is 32.3. The number of amides is 12. The molecule has 0 aliphatic carbocycles. The van der Waals surface area contributed by atoms with E-state index in [1.54, 1.807) is 64.1 Å². The number of phenols is 1. The van der Waals surface area contributed by atoms with Crippen LogP contribution < -0.4 is 43.4 Å². The molecule has 29 heteroatoms. The quantitative estimate of drug-likeness (QED) is 0.0421. The maximum absolute atomic E-state index is 14.6. The fraction of sp³-hybridized carbons (Fsp3) is 0.609. The fourth-order valence-corrected chi connectivity index (χ4v) is 13.0. The van der Waals surface area contributed by atoms with Crippen molar-refractivity contribution in [1.29, 1.82) is 0 Å². The number of aliphatic carboxylic acids is 1. The van der Waals surface area contributed by atoms with Crippen molar-refractivity contribution in [3.8, 4) is 5.75 Å². The zero-order chi connectivity index (χ0) is 67.8. The predicted molar refractivity (Wildman–Crippen MR) is 334 cm³/mol. The Morgan fingerprint density at radius 2 is 0.978 bits per heavy atom. The lowest BCUT2D eigenvalue weighted by atomic mass is 9.96. The van der Waals surface area contributed by atoms with Crippen molar-refractivity contribution in [2.24, 2.45) is 23.3 Å². The summed E-state index contributed by atoms with van der Waals surface area (Å²) in [7, 11) is 0. The van der Waals surface area contributed by atoms with E-state index >= 15 is 0 Å². The van der Waals surface area contributed by atoms with Gasteiger partial charge < -0.3 is 83.2 Å². The Morgan fingerprint density at radius 1 is 0.527 bits per heavy atom. The van der Waals surface area contributed by atoms with Crippen LogP contribution in [-0.4, -0.2) is 229 Å². The predicted octanol–water partition coefficient (Wildman–Crippen LogP) is -1.96. The molecule has 508 valence electrons. The number of carboxylic acid groups (broad SMARTS) is 1. The van der Waals surface area contributed by atoms with Crippen molar-refractivity contribution < 1.29 is 77.6 Å². The van der Waals surface area contributed by atoms with Crippen molar-refractivity contribution in [1.82, 2.24) is 56.4 Å². The molecule has 5 fully saturated rings. The molecule has 12 amide bonds. The van der Waals surface area contributed by atoms with Crippen LogP contribution in [-0.2, 0) is 75.2 Å². The molecule has 0 unspecified atom stereocenters. The van der Waals surface area contributed by atoms with Crippen LogP contribution in [0.25, 0.3) is 0 Å². The highest BCUT2D eigenvalue weighted by molar-refractivity contribution is 6.00. The molecule has 0 saturated carbocycles. The molecular formula is C64H91N13O16. The number of hydrogen-bond acceptors (Lipinski definition) is 16. The number of carbonyl (C=O) groups is 13. The first-order valence-corrected chi connectivity index (χ1v) is 32.3. The first kappa shape index (κ1) is 71.7. The molecule has 29 nitrogen and oxygen atoms in total. The smallest absolute Gasteiger partial charge is 0.326 e. The highest BCUT2D eigenvalue weighted by Gasteiger charge is 2.46. The molecule has 0 aromatic heterocycles. The van der Waals surface area contributed by atoms with Crippen LogP contribution in [0.3, 0.4) is 0 Å². The summed E-state index contributed by atoms with van der Waals surface area (Å²) < 4.78 is 0. The van der Waals surface area contributed by atoms with Crippen LogP contribution in [0.5, 0.6) is 5.75 Å². The van der Waals surface area contributed by atoms with E-state index in [0.717, 1.165) is 11.1 Å². The summed E-state index contributed by atoms with van der Waals surface area (Å²) in [5, 5.41) is 45.4. The first-order chi connectivity index (χ1) is 44.3. The summed E-state index contributed by atoms with van der Waals surface area (Å²) in [5.41, 5.74) is 13.3. The molecule has 7 rings (SSSR count). The number of aliphatic hydroxyl groups excluding tert-OH is 1. The van der Waals surface area contributed by atoms with Crippen LogP contribution in [0, 0.1) is 11.8 Å². The lowest BCUT2D eigenvalue weighted by molar-refractivity contribution is -0.149. The summed E-state index contributed by atoms with van der Waals surface area (Å²) in [4.78, 5) is 185. The van der Waals surface area contributed by atoms with Gasteiger partial charge in [-0.25, -0.2) is 4.79 Å². The third-order valence-corrected chi connectivity index (χ3v) is 18.2. The van der Waals surface area contributed by atoms with E-state index in [1.165, 1.54) is 36.6 Å². The van der Waals surface area contributed by atoms with Crippen LogP contribution in [0.15, 0.2) is 54.6 Å². The van der Waals surface area contributed by atoms with Gasteiger partial charge in [-0.15, -0.1) is 0 Å². The zero-order valence-electron chi connectivity index (χ0n) is 53.3. The molecule has 0 radical (unpaired) electrons. The Morgan fingerprint density at radius 3 is 1.52 bits per heavy atom. The standard InChI is InChI=1S/C64H91N13O16/c1-5-37(4)53(63(91)76-28-12-19-49(76)57(85)68-42(33-51(66)80)54(82)71-45(35-78)55(83)69-43(30-36(2)3)61(89)77-29-13-20-50(77)64(92)93)72-59(87)47-17-9-25-73(47)52(81)34-67-56(84)46-16-10-27-75(46)62(90)44(32-38-14-7-6-8-15-38)70-58(86)48-18-11-26-74(48)60(88)41(65)31-39-21-23-40(79)24-22-39/h6-8,14-15,21-24,36-37,41-50,53,78-79H,5,9-13,16-20,25-35,65H2,1-4H3,(H2,66,80)(H,67,84)(H,68,85)(H,69,83)(H,70,86)(H,71,82)(H,72,87)(H,92,93)/t37-,41-,42-,43-,44-,45-,46-,47-,48-,49-,50-,53-/m0/s1. The van der Waals surface area contributed by atoms with Gasteiger partial charge in [-0.3, -0.25) is 57.5 Å². The van der Waals surface area contributed by atoms with Crippen molar-refractivity contribution in [2.75, 3.05) is 45.9 Å². The Labute approximate surface area is 540 Å². The highest BCUT2D eigenvalue weighted by Crippen LogP contribution is 2.27. The molecule has 5 aliphatic rings. The minimum absolute atomic E-state index is 0.0572. The summed E-state index contributed by atoms with van der Waals surface area (Å²) in [6.45, 7) is 6.35. The largest absolute Gasteiger partial charge is 0.508 e. The SMILES string of the molecule is CC[C@H](C)[C@H](NC(=O)[C@@H]1CCCN1C(=O)CNC(=O)[C@@H]1CCCN1C(=O)[C@H](Cc1ccccc1)NC(=O)[C@@H]1CCCN1C(=O)[C@@H](N)Cc1ccc(O)cc1)C(=O)N1CCC[C@H]1C(=O)N[C@@H](CC(N)=O)C(=O)N[C@@H](CO)C(=O)N[C@@H](CC(C)C)C(=O)N1CCC[C@H]1C(=O)O. The molecule has 5 heterocycles. The summed E-state index contributed by atoms with van der Waals surface area (Å²) >= 11 is 0. The average Bonchev–Trinajstić information content (AvgIpc) is 1.85. The molecular weight excluding hydrogens is 1210 g/mol. The minimum atomic E-state index is -1.72. The van der Waals surface area contributed by atoms with Crippen LogP contribution in [0.2, 0.25) is 0 Å². The van der Waals surface area contributed by atoms with Crippen LogP contribution in [0.1, 0.15) is 122 Å². The number of hydrogen-bond donors (Lipinski definition) is 11. The average molecular weight is 1300 g/mol. The van der Waals surface area contributed by atoms with Gasteiger partial charge in [0, 0.05) is 39.1 Å². The Hall–Kier alpha value is -8.73. The summed E-state index contributed by atoms with van der Waals surface area (Å²) in [5.74, 6) is -10.5.